The summed E-state index contributed by atoms with van der Waals surface area (Å²) in [6.45, 7) is 9.67. The summed E-state index contributed by atoms with van der Waals surface area (Å²) in [5, 5.41) is 11.9. The average Bonchev–Trinajstić information content (AvgIpc) is 3.04. The molecule has 0 aromatic rings. The molecule has 2 bridgehead atoms. The Morgan fingerprint density at radius 1 is 1.11 bits per heavy atom. The fourth-order valence-corrected chi connectivity index (χ4v) is 6.34. The smallest absolute Gasteiger partial charge is 0.326 e. The minimum Gasteiger partial charge on any atom is -0.480 e. The summed E-state index contributed by atoms with van der Waals surface area (Å²) in [6, 6.07) is -0.991. The van der Waals surface area contributed by atoms with Crippen LogP contribution in [-0.4, -0.2) is 53.0 Å². The van der Waals surface area contributed by atoms with E-state index in [1.165, 1.54) is 0 Å². The standard InChI is InChI=1S/C25H39NO9/c1-6-13(2)20(21(29)30)26-18(27)9-10-19(28)31-22-15(4)17-8-7-14(3)16-11-12-24(5)33-23(32-22)25(16,17)35-34-24/h13-17,20,22-23H,6-12H2,1-5H3,(H,26,27)(H,29,30)/t13?,14-,15-,16+,17+,20?,22-,23-,24?,25?/m1/s1. The molecule has 0 aromatic carbocycles. The minimum absolute atomic E-state index is 0.0260. The third-order valence-electron chi connectivity index (χ3n) is 8.70. The second-order valence-electron chi connectivity index (χ2n) is 11.0. The van der Waals surface area contributed by atoms with Gasteiger partial charge in [-0.25, -0.2) is 14.6 Å². The lowest BCUT2D eigenvalue weighted by Gasteiger charge is -2.59. The highest BCUT2D eigenvalue weighted by Crippen LogP contribution is 2.60. The fourth-order valence-electron chi connectivity index (χ4n) is 6.34. The van der Waals surface area contributed by atoms with Gasteiger partial charge in [0.15, 0.2) is 11.9 Å². The molecule has 1 saturated carbocycles. The van der Waals surface area contributed by atoms with Crippen molar-refractivity contribution in [3.63, 3.8) is 0 Å². The van der Waals surface area contributed by atoms with Gasteiger partial charge in [-0.2, -0.15) is 0 Å². The van der Waals surface area contributed by atoms with Crippen molar-refractivity contribution in [3.05, 3.63) is 0 Å². The molecule has 4 aliphatic heterocycles. The molecule has 5 fully saturated rings. The molecular formula is C25H39NO9. The van der Waals surface area contributed by atoms with E-state index in [4.69, 9.17) is 24.0 Å². The topological polar surface area (TPSA) is 130 Å². The predicted octanol–water partition coefficient (Wildman–Crippen LogP) is 3.13. The van der Waals surface area contributed by atoms with Crippen LogP contribution in [-0.2, 0) is 38.4 Å². The Kier molecular flexibility index (Phi) is 7.48. The van der Waals surface area contributed by atoms with Gasteiger partial charge in [-0.3, -0.25) is 9.59 Å². The Morgan fingerprint density at radius 3 is 2.54 bits per heavy atom. The van der Waals surface area contributed by atoms with Gasteiger partial charge in [0.25, 0.3) is 0 Å². The van der Waals surface area contributed by atoms with Crippen LogP contribution in [0.5, 0.6) is 0 Å². The molecule has 10 heteroatoms. The molecule has 10 nitrogen and oxygen atoms in total. The SMILES string of the molecule is CCC(C)C(NC(=O)CCC(=O)O[C@@H]1O[C@@H]2OC3(C)CC[C@H]4[C@H](C)CC[C@@H]([C@H]1C)C24OO3)C(=O)O. The third-order valence-corrected chi connectivity index (χ3v) is 8.70. The second kappa shape index (κ2) is 9.95. The number of rotatable bonds is 8. The van der Waals surface area contributed by atoms with Crippen LogP contribution in [0.1, 0.15) is 79.6 Å². The first kappa shape index (κ1) is 26.3. The first-order chi connectivity index (χ1) is 16.5. The first-order valence-electron chi connectivity index (χ1n) is 12.9. The van der Waals surface area contributed by atoms with E-state index < -0.39 is 47.9 Å². The van der Waals surface area contributed by atoms with E-state index in [1.54, 1.807) is 6.92 Å². The van der Waals surface area contributed by atoms with Crippen molar-refractivity contribution in [1.29, 1.82) is 0 Å². The quantitative estimate of drug-likeness (QED) is 0.384. The fraction of sp³-hybridized carbons (Fsp3) is 0.880. The van der Waals surface area contributed by atoms with E-state index in [0.29, 0.717) is 18.8 Å². The Hall–Kier alpha value is -1.75. The summed E-state index contributed by atoms with van der Waals surface area (Å²) in [5.74, 6) is -2.80. The summed E-state index contributed by atoms with van der Waals surface area (Å²) < 4.78 is 18.2. The normalized spacial score (nSPS) is 41.7. The molecule has 10 atom stereocenters. The highest BCUT2D eigenvalue weighted by atomic mass is 17.3. The molecule has 35 heavy (non-hydrogen) atoms. The number of hydrogen-bond acceptors (Lipinski definition) is 8. The zero-order valence-electron chi connectivity index (χ0n) is 21.3. The molecule has 198 valence electrons. The molecule has 1 amide bonds. The number of nitrogens with one attached hydrogen (secondary N) is 1. The number of hydrogen-bond donors (Lipinski definition) is 2. The summed E-state index contributed by atoms with van der Waals surface area (Å²) in [5.41, 5.74) is -0.738. The maximum atomic E-state index is 12.7. The third kappa shape index (κ3) is 4.82. The van der Waals surface area contributed by atoms with Gasteiger partial charge in [0, 0.05) is 24.7 Å². The number of ether oxygens (including phenoxy) is 3. The van der Waals surface area contributed by atoms with E-state index >= 15 is 0 Å². The van der Waals surface area contributed by atoms with Gasteiger partial charge in [-0.15, -0.1) is 0 Å². The van der Waals surface area contributed by atoms with Gasteiger partial charge in [-0.05, 0) is 43.9 Å². The van der Waals surface area contributed by atoms with Crippen LogP contribution in [0, 0.1) is 29.6 Å². The van der Waals surface area contributed by atoms with E-state index in [1.807, 2.05) is 20.8 Å². The Labute approximate surface area is 206 Å². The lowest BCUT2D eigenvalue weighted by atomic mass is 9.58. The number of carboxylic acid groups (broad SMARTS) is 1. The predicted molar refractivity (Wildman–Crippen MR) is 121 cm³/mol. The van der Waals surface area contributed by atoms with E-state index in [-0.39, 0.29) is 36.5 Å². The number of carbonyl (C=O) groups is 3. The van der Waals surface area contributed by atoms with Crippen LogP contribution >= 0.6 is 0 Å². The molecule has 4 heterocycles. The van der Waals surface area contributed by atoms with Crippen LogP contribution in [0.3, 0.4) is 0 Å². The number of aliphatic carboxylic acids is 1. The molecule has 0 aromatic heterocycles. The van der Waals surface area contributed by atoms with Gasteiger partial charge in [0.1, 0.15) is 6.04 Å². The minimum atomic E-state index is -1.09. The monoisotopic (exact) mass is 497 g/mol. The average molecular weight is 498 g/mol. The molecule has 5 aliphatic rings. The summed E-state index contributed by atoms with van der Waals surface area (Å²) in [6.07, 6.45) is 2.23. The second-order valence-corrected chi connectivity index (χ2v) is 11.0. The van der Waals surface area contributed by atoms with Crippen molar-refractivity contribution >= 4 is 17.8 Å². The van der Waals surface area contributed by atoms with E-state index in [0.717, 1.165) is 19.3 Å². The molecule has 5 rings (SSSR count). The number of carbonyl (C=O) groups excluding carboxylic acids is 2. The Bertz CT molecular complexity index is 836. The van der Waals surface area contributed by atoms with Gasteiger partial charge < -0.3 is 24.6 Å². The Morgan fingerprint density at radius 2 is 1.86 bits per heavy atom. The van der Waals surface area contributed by atoms with Crippen LogP contribution in [0.15, 0.2) is 0 Å². The summed E-state index contributed by atoms with van der Waals surface area (Å²) in [4.78, 5) is 48.3. The molecular weight excluding hydrogens is 458 g/mol. The van der Waals surface area contributed by atoms with Crippen LogP contribution in [0.4, 0.5) is 0 Å². The summed E-state index contributed by atoms with van der Waals surface area (Å²) in [7, 11) is 0. The Balaban J connectivity index is 1.39. The zero-order chi connectivity index (χ0) is 25.5. The first-order valence-corrected chi connectivity index (χ1v) is 12.9. The molecule has 1 aliphatic carbocycles. The lowest BCUT2D eigenvalue weighted by Crippen LogP contribution is -2.70. The number of fused-ring (bicyclic) bond motifs is 2. The van der Waals surface area contributed by atoms with Gasteiger partial charge in [0.05, 0.1) is 6.42 Å². The van der Waals surface area contributed by atoms with Crippen LogP contribution in [0.25, 0.3) is 0 Å². The van der Waals surface area contributed by atoms with Gasteiger partial charge in [-0.1, -0.05) is 34.1 Å². The van der Waals surface area contributed by atoms with E-state index in [2.05, 4.69) is 12.2 Å². The maximum Gasteiger partial charge on any atom is 0.326 e. The zero-order valence-corrected chi connectivity index (χ0v) is 21.3. The van der Waals surface area contributed by atoms with Crippen LogP contribution < -0.4 is 5.32 Å². The molecule has 4 saturated heterocycles. The highest BCUT2D eigenvalue weighted by Gasteiger charge is 2.69. The maximum absolute atomic E-state index is 12.7. The number of esters is 1. The van der Waals surface area contributed by atoms with Crippen molar-refractivity contribution in [2.75, 3.05) is 0 Å². The van der Waals surface area contributed by atoms with Crippen molar-refractivity contribution < 1.29 is 43.5 Å². The van der Waals surface area contributed by atoms with E-state index in [9.17, 15) is 19.5 Å². The van der Waals surface area contributed by atoms with Gasteiger partial charge >= 0.3 is 11.9 Å². The van der Waals surface area contributed by atoms with Crippen molar-refractivity contribution in [3.8, 4) is 0 Å². The van der Waals surface area contributed by atoms with Crippen molar-refractivity contribution in [2.45, 2.75) is 110 Å². The molecule has 2 N–H and O–H groups in total. The van der Waals surface area contributed by atoms with Crippen LogP contribution in [0.2, 0.25) is 0 Å². The van der Waals surface area contributed by atoms with Crippen molar-refractivity contribution in [2.24, 2.45) is 29.6 Å². The van der Waals surface area contributed by atoms with Crippen molar-refractivity contribution in [1.82, 2.24) is 5.32 Å². The molecule has 1 spiro atoms. The summed E-state index contributed by atoms with van der Waals surface area (Å²) >= 11 is 0. The van der Waals surface area contributed by atoms with Gasteiger partial charge in [0.2, 0.25) is 18.0 Å². The molecule has 0 radical (unpaired) electrons. The number of amides is 1. The highest BCUT2D eigenvalue weighted by molar-refractivity contribution is 5.85. The lowest BCUT2D eigenvalue weighted by molar-refractivity contribution is -0.576. The number of carboxylic acids is 1. The largest absolute Gasteiger partial charge is 0.480 e. The molecule has 4 unspecified atom stereocenters.